The first-order chi connectivity index (χ1) is 7.47. The fourth-order valence-corrected chi connectivity index (χ4v) is 1.22. The van der Waals surface area contributed by atoms with Gasteiger partial charge in [-0.2, -0.15) is 0 Å². The number of aliphatic hydroxyl groups is 3. The van der Waals surface area contributed by atoms with Crippen LogP contribution in [0, 0.1) is 5.82 Å². The largest absolute Gasteiger partial charge is 0.479 e. The molecule has 0 heterocycles. The van der Waals surface area contributed by atoms with Crippen molar-refractivity contribution in [3.63, 3.8) is 0 Å². The molecule has 1 aromatic carbocycles. The molecule has 16 heavy (non-hydrogen) atoms. The van der Waals surface area contributed by atoms with Crippen LogP contribution in [0.5, 0.6) is 0 Å². The predicted octanol–water partition coefficient (Wildman–Crippen LogP) is -0.203. The SMILES string of the molecule is O=C(O)C(O)C(O)c1ccc(F)c(CO)c1. The highest BCUT2D eigenvalue weighted by Crippen LogP contribution is 2.20. The predicted molar refractivity (Wildman–Crippen MR) is 50.9 cm³/mol. The lowest BCUT2D eigenvalue weighted by Crippen LogP contribution is -2.27. The maximum absolute atomic E-state index is 13.0. The number of hydrogen-bond acceptors (Lipinski definition) is 4. The van der Waals surface area contributed by atoms with Gasteiger partial charge in [0.15, 0.2) is 6.10 Å². The Morgan fingerprint density at radius 3 is 2.50 bits per heavy atom. The van der Waals surface area contributed by atoms with Crippen LogP contribution in [-0.4, -0.2) is 32.5 Å². The van der Waals surface area contributed by atoms with Gasteiger partial charge >= 0.3 is 5.97 Å². The molecule has 88 valence electrons. The Bertz CT molecular complexity index is 393. The molecule has 2 unspecified atom stereocenters. The summed E-state index contributed by atoms with van der Waals surface area (Å²) in [5.74, 6) is -2.24. The number of carboxylic acids is 1. The Balaban J connectivity index is 3.00. The maximum Gasteiger partial charge on any atom is 0.335 e. The zero-order chi connectivity index (χ0) is 12.3. The van der Waals surface area contributed by atoms with E-state index in [1.165, 1.54) is 0 Å². The third kappa shape index (κ3) is 2.54. The second-order valence-electron chi connectivity index (χ2n) is 3.24. The molecule has 2 atom stereocenters. The van der Waals surface area contributed by atoms with Gasteiger partial charge in [-0.3, -0.25) is 0 Å². The summed E-state index contributed by atoms with van der Waals surface area (Å²) in [6.07, 6.45) is -3.65. The highest BCUT2D eigenvalue weighted by atomic mass is 19.1. The normalized spacial score (nSPS) is 14.5. The van der Waals surface area contributed by atoms with E-state index in [9.17, 15) is 14.3 Å². The number of benzene rings is 1. The molecule has 1 rings (SSSR count). The molecule has 0 spiro atoms. The van der Waals surface area contributed by atoms with Crippen LogP contribution in [0.2, 0.25) is 0 Å². The summed E-state index contributed by atoms with van der Waals surface area (Å²) in [6, 6.07) is 3.23. The van der Waals surface area contributed by atoms with Gasteiger partial charge in [0.05, 0.1) is 6.61 Å². The molecule has 0 amide bonds. The van der Waals surface area contributed by atoms with Crippen LogP contribution >= 0.6 is 0 Å². The van der Waals surface area contributed by atoms with E-state index in [1.54, 1.807) is 0 Å². The van der Waals surface area contributed by atoms with Crippen molar-refractivity contribution < 1.29 is 29.6 Å². The minimum atomic E-state index is -1.99. The van der Waals surface area contributed by atoms with Crippen molar-refractivity contribution in [2.45, 2.75) is 18.8 Å². The first-order valence-corrected chi connectivity index (χ1v) is 4.45. The van der Waals surface area contributed by atoms with Crippen molar-refractivity contribution in [1.82, 2.24) is 0 Å². The Morgan fingerprint density at radius 2 is 2.00 bits per heavy atom. The van der Waals surface area contributed by atoms with Crippen LogP contribution < -0.4 is 0 Å². The van der Waals surface area contributed by atoms with Crippen molar-refractivity contribution in [2.24, 2.45) is 0 Å². The molecule has 0 fully saturated rings. The van der Waals surface area contributed by atoms with Crippen molar-refractivity contribution in [1.29, 1.82) is 0 Å². The summed E-state index contributed by atoms with van der Waals surface area (Å²) in [4.78, 5) is 10.4. The van der Waals surface area contributed by atoms with Gasteiger partial charge < -0.3 is 20.4 Å². The Morgan fingerprint density at radius 1 is 1.38 bits per heavy atom. The van der Waals surface area contributed by atoms with Gasteiger partial charge in [0.2, 0.25) is 0 Å². The van der Waals surface area contributed by atoms with Crippen LogP contribution in [-0.2, 0) is 11.4 Å². The van der Waals surface area contributed by atoms with E-state index >= 15 is 0 Å². The van der Waals surface area contributed by atoms with E-state index in [4.69, 9.17) is 15.3 Å². The van der Waals surface area contributed by atoms with E-state index in [-0.39, 0.29) is 11.1 Å². The Hall–Kier alpha value is -1.50. The summed E-state index contributed by atoms with van der Waals surface area (Å²) < 4.78 is 13.0. The summed E-state index contributed by atoms with van der Waals surface area (Å²) >= 11 is 0. The zero-order valence-electron chi connectivity index (χ0n) is 8.17. The average molecular weight is 230 g/mol. The number of aliphatic hydroxyl groups excluding tert-OH is 3. The topological polar surface area (TPSA) is 98.0 Å². The molecule has 5 nitrogen and oxygen atoms in total. The summed E-state index contributed by atoms with van der Waals surface area (Å²) in [5, 5.41) is 35.7. The van der Waals surface area contributed by atoms with Crippen molar-refractivity contribution in [3.8, 4) is 0 Å². The molecule has 0 saturated heterocycles. The van der Waals surface area contributed by atoms with Gasteiger partial charge in [-0.25, -0.2) is 9.18 Å². The van der Waals surface area contributed by atoms with Crippen LogP contribution in [0.1, 0.15) is 17.2 Å². The molecule has 0 saturated carbocycles. The molecular weight excluding hydrogens is 219 g/mol. The zero-order valence-corrected chi connectivity index (χ0v) is 8.17. The quantitative estimate of drug-likeness (QED) is 0.574. The first kappa shape index (κ1) is 12.6. The summed E-state index contributed by atoms with van der Waals surface area (Å²) in [7, 11) is 0. The van der Waals surface area contributed by atoms with Crippen LogP contribution in [0.3, 0.4) is 0 Å². The molecule has 0 aliphatic carbocycles. The van der Waals surface area contributed by atoms with Gasteiger partial charge in [-0.15, -0.1) is 0 Å². The van der Waals surface area contributed by atoms with Crippen molar-refractivity contribution in [3.05, 3.63) is 35.1 Å². The molecule has 0 aliphatic rings. The molecule has 0 bridgehead atoms. The molecule has 0 aliphatic heterocycles. The average Bonchev–Trinajstić information content (AvgIpc) is 2.27. The Kier molecular flexibility index (Phi) is 3.94. The second-order valence-corrected chi connectivity index (χ2v) is 3.24. The van der Waals surface area contributed by atoms with Crippen LogP contribution in [0.4, 0.5) is 4.39 Å². The third-order valence-electron chi connectivity index (χ3n) is 2.13. The van der Waals surface area contributed by atoms with E-state index in [1.807, 2.05) is 0 Å². The number of hydrogen-bond donors (Lipinski definition) is 4. The number of carbonyl (C=O) groups is 1. The fraction of sp³-hybridized carbons (Fsp3) is 0.300. The third-order valence-corrected chi connectivity index (χ3v) is 2.13. The van der Waals surface area contributed by atoms with Gasteiger partial charge in [0.1, 0.15) is 11.9 Å². The van der Waals surface area contributed by atoms with E-state index in [0.29, 0.717) is 0 Å². The lowest BCUT2D eigenvalue weighted by atomic mass is 10.0. The standard InChI is InChI=1S/C10H11FO5/c11-7-2-1-5(3-6(7)4-12)8(13)9(14)10(15)16/h1-3,8-9,12-14H,4H2,(H,15,16). The monoisotopic (exact) mass is 230 g/mol. The smallest absolute Gasteiger partial charge is 0.335 e. The Labute approximate surface area is 90.4 Å². The minimum Gasteiger partial charge on any atom is -0.479 e. The maximum atomic E-state index is 13.0. The van der Waals surface area contributed by atoms with E-state index in [2.05, 4.69) is 0 Å². The van der Waals surface area contributed by atoms with Crippen LogP contribution in [0.25, 0.3) is 0 Å². The lowest BCUT2D eigenvalue weighted by Gasteiger charge is -2.15. The highest BCUT2D eigenvalue weighted by Gasteiger charge is 2.25. The number of carboxylic acid groups (broad SMARTS) is 1. The number of aliphatic carboxylic acids is 1. The molecule has 4 N–H and O–H groups in total. The second kappa shape index (κ2) is 5.02. The van der Waals surface area contributed by atoms with Gasteiger partial charge in [0.25, 0.3) is 0 Å². The summed E-state index contributed by atoms with van der Waals surface area (Å²) in [6.45, 7) is -0.574. The van der Waals surface area contributed by atoms with Gasteiger partial charge in [0, 0.05) is 5.56 Å². The van der Waals surface area contributed by atoms with Crippen molar-refractivity contribution >= 4 is 5.97 Å². The van der Waals surface area contributed by atoms with E-state index < -0.39 is 30.6 Å². The summed E-state index contributed by atoms with van der Waals surface area (Å²) in [5.41, 5.74) is -0.0468. The number of rotatable bonds is 4. The van der Waals surface area contributed by atoms with Gasteiger partial charge in [-0.05, 0) is 17.7 Å². The number of halogens is 1. The molecule has 0 aromatic heterocycles. The van der Waals surface area contributed by atoms with E-state index in [0.717, 1.165) is 18.2 Å². The highest BCUT2D eigenvalue weighted by molar-refractivity contribution is 5.73. The van der Waals surface area contributed by atoms with Gasteiger partial charge in [-0.1, -0.05) is 6.07 Å². The first-order valence-electron chi connectivity index (χ1n) is 4.45. The van der Waals surface area contributed by atoms with Crippen molar-refractivity contribution in [2.75, 3.05) is 0 Å². The molecule has 0 radical (unpaired) electrons. The fourth-order valence-electron chi connectivity index (χ4n) is 1.22. The minimum absolute atomic E-state index is 0.0281. The van der Waals surface area contributed by atoms with Crippen LogP contribution in [0.15, 0.2) is 18.2 Å². The molecule has 1 aromatic rings. The lowest BCUT2D eigenvalue weighted by molar-refractivity contribution is -0.153. The molecule has 6 heteroatoms. The molecular formula is C10H11FO5.